The summed E-state index contributed by atoms with van der Waals surface area (Å²) in [6.45, 7) is 3.96. The highest BCUT2D eigenvalue weighted by Gasteiger charge is 1.95. The van der Waals surface area contributed by atoms with Gasteiger partial charge in [-0.15, -0.1) is 0 Å². The first-order chi connectivity index (χ1) is 12.5. The number of rotatable bonds is 17. The highest BCUT2D eigenvalue weighted by Crippen LogP contribution is 2.13. The second-order valence-electron chi connectivity index (χ2n) is 7.05. The van der Waals surface area contributed by atoms with Crippen LogP contribution < -0.4 is 5.32 Å². The minimum absolute atomic E-state index is 0.605. The quantitative estimate of drug-likeness (QED) is 0.250. The Balaban J connectivity index is 0. The van der Waals surface area contributed by atoms with E-state index >= 15 is 0 Å². The molecule has 156 valence electrons. The van der Waals surface area contributed by atoms with Gasteiger partial charge in [0.15, 0.2) is 0 Å². The molecular formula is C21H43NO4. The molecule has 0 fully saturated rings. The number of carboxylic acid groups (broad SMARTS) is 2. The maximum Gasteiger partial charge on any atom is 0.404 e. The van der Waals surface area contributed by atoms with Crippen LogP contribution in [0.3, 0.4) is 0 Å². The number of amides is 1. The van der Waals surface area contributed by atoms with Crippen molar-refractivity contribution in [2.45, 2.75) is 117 Å². The lowest BCUT2D eigenvalue weighted by molar-refractivity contribution is -0.134. The van der Waals surface area contributed by atoms with E-state index in [4.69, 9.17) is 15.0 Å². The van der Waals surface area contributed by atoms with Gasteiger partial charge < -0.3 is 15.5 Å². The lowest BCUT2D eigenvalue weighted by atomic mass is 10.0. The molecule has 0 aromatic rings. The molecule has 0 aromatic heterocycles. The summed E-state index contributed by atoms with van der Waals surface area (Å²) in [5.74, 6) is -0.833. The van der Waals surface area contributed by atoms with Crippen LogP contribution in [0.1, 0.15) is 117 Å². The minimum atomic E-state index is -0.902. The molecule has 5 heteroatoms. The first-order valence-electron chi connectivity index (χ1n) is 10.7. The molecule has 1 amide bonds. The van der Waals surface area contributed by atoms with Crippen LogP contribution >= 0.6 is 0 Å². The van der Waals surface area contributed by atoms with Crippen LogP contribution in [0, 0.1) is 0 Å². The molecule has 0 bridgehead atoms. The zero-order chi connectivity index (χ0) is 19.9. The summed E-state index contributed by atoms with van der Waals surface area (Å²) in [6, 6.07) is 0. The second-order valence-corrected chi connectivity index (χ2v) is 7.05. The van der Waals surface area contributed by atoms with E-state index in [0.29, 0.717) is 6.54 Å². The molecule has 0 unspecified atom stereocenters. The Bertz CT molecular complexity index is 304. The summed E-state index contributed by atoms with van der Waals surface area (Å²) in [5, 5.41) is 18.3. The summed E-state index contributed by atoms with van der Waals surface area (Å²) in [5.41, 5.74) is 0. The molecule has 0 rings (SSSR count). The van der Waals surface area contributed by atoms with Gasteiger partial charge in [-0.05, 0) is 6.42 Å². The molecule has 0 radical (unpaired) electrons. The summed E-state index contributed by atoms with van der Waals surface area (Å²) in [6.07, 6.45) is 20.7. The van der Waals surface area contributed by atoms with Gasteiger partial charge in [-0.3, -0.25) is 4.79 Å². The van der Waals surface area contributed by atoms with Crippen molar-refractivity contribution in [3.05, 3.63) is 0 Å². The maximum absolute atomic E-state index is 10.2. The third-order valence-corrected chi connectivity index (χ3v) is 4.31. The molecule has 5 nitrogen and oxygen atoms in total. The molecule has 0 aliphatic rings. The molecule has 0 saturated carbocycles. The smallest absolute Gasteiger partial charge is 0.404 e. The van der Waals surface area contributed by atoms with E-state index in [2.05, 4.69) is 12.2 Å². The Morgan fingerprint density at radius 2 is 0.885 bits per heavy atom. The Morgan fingerprint density at radius 3 is 1.15 bits per heavy atom. The van der Waals surface area contributed by atoms with E-state index in [9.17, 15) is 4.79 Å². The SMILES string of the molecule is CC(=O)O.CCCCCCCCCCCCCCCCCCNC(=O)O. The highest BCUT2D eigenvalue weighted by molar-refractivity contribution is 5.64. The third kappa shape index (κ3) is 34.2. The average Bonchev–Trinajstić information content (AvgIpc) is 2.57. The fourth-order valence-corrected chi connectivity index (χ4v) is 2.87. The normalized spacial score (nSPS) is 10.1. The van der Waals surface area contributed by atoms with Crippen molar-refractivity contribution in [2.24, 2.45) is 0 Å². The number of unbranched alkanes of at least 4 members (excludes halogenated alkanes) is 15. The monoisotopic (exact) mass is 373 g/mol. The van der Waals surface area contributed by atoms with E-state index in [1.54, 1.807) is 0 Å². The van der Waals surface area contributed by atoms with Gasteiger partial charge in [0.05, 0.1) is 0 Å². The van der Waals surface area contributed by atoms with E-state index in [0.717, 1.165) is 19.8 Å². The van der Waals surface area contributed by atoms with Gasteiger partial charge in [0, 0.05) is 13.5 Å². The van der Waals surface area contributed by atoms with Gasteiger partial charge in [0.2, 0.25) is 0 Å². The lowest BCUT2D eigenvalue weighted by Crippen LogP contribution is -2.21. The number of carbonyl (C=O) groups is 2. The Labute approximate surface area is 161 Å². The van der Waals surface area contributed by atoms with E-state index in [1.165, 1.54) is 89.9 Å². The van der Waals surface area contributed by atoms with Gasteiger partial charge in [0.25, 0.3) is 5.97 Å². The van der Waals surface area contributed by atoms with Crippen molar-refractivity contribution in [3.8, 4) is 0 Å². The zero-order valence-corrected chi connectivity index (χ0v) is 17.2. The van der Waals surface area contributed by atoms with Crippen molar-refractivity contribution < 1.29 is 19.8 Å². The summed E-state index contributed by atoms with van der Waals surface area (Å²) >= 11 is 0. The highest BCUT2D eigenvalue weighted by atomic mass is 16.4. The van der Waals surface area contributed by atoms with Gasteiger partial charge in [-0.2, -0.15) is 0 Å². The van der Waals surface area contributed by atoms with Crippen molar-refractivity contribution in [1.82, 2.24) is 5.32 Å². The van der Waals surface area contributed by atoms with Crippen molar-refractivity contribution in [1.29, 1.82) is 0 Å². The molecular weight excluding hydrogens is 330 g/mol. The maximum atomic E-state index is 10.2. The fraction of sp³-hybridized carbons (Fsp3) is 0.905. The second kappa shape index (κ2) is 23.7. The Morgan fingerprint density at radius 1 is 0.615 bits per heavy atom. The zero-order valence-electron chi connectivity index (χ0n) is 17.2. The number of nitrogens with one attached hydrogen (secondary N) is 1. The van der Waals surface area contributed by atoms with Gasteiger partial charge >= 0.3 is 6.09 Å². The van der Waals surface area contributed by atoms with E-state index < -0.39 is 12.1 Å². The minimum Gasteiger partial charge on any atom is -0.481 e. The van der Waals surface area contributed by atoms with Crippen LogP contribution in [0.25, 0.3) is 0 Å². The lowest BCUT2D eigenvalue weighted by Gasteiger charge is -2.03. The molecule has 0 heterocycles. The topological polar surface area (TPSA) is 86.6 Å². The molecule has 0 atom stereocenters. The molecule has 0 saturated heterocycles. The predicted octanol–water partition coefficient (Wildman–Crippen LogP) is 6.61. The largest absolute Gasteiger partial charge is 0.481 e. The van der Waals surface area contributed by atoms with Crippen LogP contribution in [0.4, 0.5) is 4.79 Å². The number of carboxylic acids is 1. The molecule has 3 N–H and O–H groups in total. The number of hydrogen-bond acceptors (Lipinski definition) is 2. The van der Waals surface area contributed by atoms with Crippen LogP contribution in [0.2, 0.25) is 0 Å². The van der Waals surface area contributed by atoms with Crippen molar-refractivity contribution in [3.63, 3.8) is 0 Å². The summed E-state index contributed by atoms with van der Waals surface area (Å²) < 4.78 is 0. The molecule has 0 aliphatic carbocycles. The average molecular weight is 374 g/mol. The summed E-state index contributed by atoms with van der Waals surface area (Å²) in [4.78, 5) is 19.2. The Hall–Kier alpha value is -1.26. The van der Waals surface area contributed by atoms with Crippen molar-refractivity contribution in [2.75, 3.05) is 6.54 Å². The molecule has 0 aromatic carbocycles. The first-order valence-corrected chi connectivity index (χ1v) is 10.7. The van der Waals surface area contributed by atoms with Crippen LogP contribution in [-0.2, 0) is 4.79 Å². The van der Waals surface area contributed by atoms with E-state index in [1.807, 2.05) is 0 Å². The van der Waals surface area contributed by atoms with Gasteiger partial charge in [-0.1, -0.05) is 103 Å². The molecule has 0 aliphatic heterocycles. The Kier molecular flexibility index (Phi) is 24.6. The van der Waals surface area contributed by atoms with E-state index in [-0.39, 0.29) is 0 Å². The van der Waals surface area contributed by atoms with Crippen LogP contribution in [-0.4, -0.2) is 28.8 Å². The van der Waals surface area contributed by atoms with Gasteiger partial charge in [-0.25, -0.2) is 4.79 Å². The summed E-state index contributed by atoms with van der Waals surface area (Å²) in [7, 11) is 0. The fourth-order valence-electron chi connectivity index (χ4n) is 2.87. The van der Waals surface area contributed by atoms with Crippen molar-refractivity contribution >= 4 is 12.1 Å². The number of hydrogen-bond donors (Lipinski definition) is 3. The molecule has 0 spiro atoms. The standard InChI is InChI=1S/C19H39NO2.C2H4O2/c1-2-3-4-5-6-7-8-9-10-11-12-13-14-15-16-17-18-20-19(21)22;1-2(3)4/h20H,2-18H2,1H3,(H,21,22);1H3,(H,3,4). The third-order valence-electron chi connectivity index (χ3n) is 4.31. The first kappa shape index (κ1) is 27.0. The van der Waals surface area contributed by atoms with Crippen LogP contribution in [0.5, 0.6) is 0 Å². The number of aliphatic carboxylic acids is 1. The molecule has 26 heavy (non-hydrogen) atoms. The van der Waals surface area contributed by atoms with Crippen LogP contribution in [0.15, 0.2) is 0 Å². The van der Waals surface area contributed by atoms with Gasteiger partial charge in [0.1, 0.15) is 0 Å². The predicted molar refractivity (Wildman–Crippen MR) is 109 cm³/mol.